The number of nitrogens with two attached hydrogens (primary N) is 1. The molecule has 1 aliphatic heterocycles. The third-order valence-electron chi connectivity index (χ3n) is 10.1. The number of rotatable bonds is 11. The number of hydrogen-bond acceptors (Lipinski definition) is 3. The van der Waals surface area contributed by atoms with Crippen molar-refractivity contribution in [1.82, 2.24) is 5.32 Å². The minimum Gasteiger partial charge on any atom is -0.369 e. The molecule has 2 aliphatic rings. The molecule has 1 unspecified atom stereocenters. The molecule has 0 bridgehead atoms. The fourth-order valence-corrected chi connectivity index (χ4v) is 7.58. The third kappa shape index (κ3) is 7.02. The maximum Gasteiger partial charge on any atom is 0.254 e. The Morgan fingerprint density at radius 3 is 2.28 bits per heavy atom. The summed E-state index contributed by atoms with van der Waals surface area (Å²) in [4.78, 5) is 43.7. The summed E-state index contributed by atoms with van der Waals surface area (Å²) in [5.41, 5.74) is 13.7. The van der Waals surface area contributed by atoms with E-state index in [1.54, 1.807) is 4.90 Å². The average molecular weight is 628 g/mol. The van der Waals surface area contributed by atoms with Crippen molar-refractivity contribution in [1.29, 1.82) is 0 Å². The number of amides is 3. The Morgan fingerprint density at radius 1 is 0.851 bits per heavy atom. The smallest absolute Gasteiger partial charge is 0.254 e. The van der Waals surface area contributed by atoms with Crippen LogP contribution in [0.2, 0.25) is 0 Å². The van der Waals surface area contributed by atoms with E-state index in [2.05, 4.69) is 48.6 Å². The molecule has 47 heavy (non-hydrogen) atoms. The number of nitrogens with zero attached hydrogens (tertiary/aromatic N) is 1. The summed E-state index contributed by atoms with van der Waals surface area (Å²) in [6.45, 7) is 4.42. The number of hydrogen-bond donors (Lipinski definition) is 2. The molecule has 0 spiro atoms. The van der Waals surface area contributed by atoms with Gasteiger partial charge in [-0.1, -0.05) is 130 Å². The SMILES string of the molecule is CCC[C@H](C(N)=O)[C@@H](CC1CCCC1)C(=O)NC1C(=O)N(Cc2cccc(-c3ccc(C)cc3)c2)c2ccccc2-c2ccccc21. The van der Waals surface area contributed by atoms with Gasteiger partial charge in [-0.3, -0.25) is 14.4 Å². The molecule has 1 saturated carbocycles. The molecule has 242 valence electrons. The summed E-state index contributed by atoms with van der Waals surface area (Å²) in [6.07, 6.45) is 6.29. The lowest BCUT2D eigenvalue weighted by Crippen LogP contribution is -2.47. The van der Waals surface area contributed by atoms with Crippen molar-refractivity contribution < 1.29 is 14.4 Å². The first-order chi connectivity index (χ1) is 22.8. The quantitative estimate of drug-likeness (QED) is 0.176. The highest BCUT2D eigenvalue weighted by atomic mass is 16.2. The van der Waals surface area contributed by atoms with Gasteiger partial charge in [0, 0.05) is 17.4 Å². The molecule has 0 saturated heterocycles. The van der Waals surface area contributed by atoms with Crippen molar-refractivity contribution in [3.05, 3.63) is 114 Å². The number of primary amides is 1. The van der Waals surface area contributed by atoms with Crippen molar-refractivity contribution in [2.45, 2.75) is 71.4 Å². The van der Waals surface area contributed by atoms with Crippen LogP contribution in [0.3, 0.4) is 0 Å². The van der Waals surface area contributed by atoms with Gasteiger partial charge >= 0.3 is 0 Å². The minimum absolute atomic E-state index is 0.206. The largest absolute Gasteiger partial charge is 0.369 e. The number of carbonyl (C=O) groups excluding carboxylic acids is 3. The van der Waals surface area contributed by atoms with Gasteiger partial charge in [0.1, 0.15) is 6.04 Å². The lowest BCUT2D eigenvalue weighted by Gasteiger charge is -2.30. The predicted molar refractivity (Wildman–Crippen MR) is 188 cm³/mol. The molecule has 3 atom stereocenters. The molecule has 6 heteroatoms. The second-order valence-corrected chi connectivity index (χ2v) is 13.3. The maximum absolute atomic E-state index is 14.8. The van der Waals surface area contributed by atoms with Gasteiger partial charge in [-0.25, -0.2) is 0 Å². The van der Waals surface area contributed by atoms with Crippen molar-refractivity contribution in [3.63, 3.8) is 0 Å². The number of anilines is 1. The van der Waals surface area contributed by atoms with Gasteiger partial charge in [0.25, 0.3) is 5.91 Å². The second-order valence-electron chi connectivity index (χ2n) is 13.3. The van der Waals surface area contributed by atoms with Gasteiger partial charge in [0.15, 0.2) is 0 Å². The normalized spacial score (nSPS) is 17.4. The van der Waals surface area contributed by atoms with Crippen molar-refractivity contribution in [2.75, 3.05) is 4.90 Å². The molecule has 4 aromatic carbocycles. The Morgan fingerprint density at radius 2 is 1.55 bits per heavy atom. The molecule has 0 aromatic heterocycles. The van der Waals surface area contributed by atoms with Crippen molar-refractivity contribution in [3.8, 4) is 22.3 Å². The molecule has 3 N–H and O–H groups in total. The molecule has 1 heterocycles. The molecule has 3 amide bonds. The first-order valence-corrected chi connectivity index (χ1v) is 17.1. The van der Waals surface area contributed by atoms with E-state index in [-0.39, 0.29) is 11.8 Å². The van der Waals surface area contributed by atoms with Gasteiger partial charge < -0.3 is 16.0 Å². The third-order valence-corrected chi connectivity index (χ3v) is 10.1. The average Bonchev–Trinajstić information content (AvgIpc) is 3.58. The van der Waals surface area contributed by atoms with E-state index in [4.69, 9.17) is 5.73 Å². The van der Waals surface area contributed by atoms with Crippen molar-refractivity contribution >= 4 is 23.4 Å². The highest BCUT2D eigenvalue weighted by Crippen LogP contribution is 2.42. The van der Waals surface area contributed by atoms with Crippen LogP contribution < -0.4 is 16.0 Å². The van der Waals surface area contributed by atoms with Crippen LogP contribution in [-0.2, 0) is 20.9 Å². The molecule has 6 nitrogen and oxygen atoms in total. The van der Waals surface area contributed by atoms with Crippen LogP contribution in [0.25, 0.3) is 22.3 Å². The fourth-order valence-electron chi connectivity index (χ4n) is 7.58. The fraction of sp³-hybridized carbons (Fsp3) is 0.341. The minimum atomic E-state index is -0.924. The summed E-state index contributed by atoms with van der Waals surface area (Å²) in [6, 6.07) is 31.6. The summed E-state index contributed by atoms with van der Waals surface area (Å²) in [7, 11) is 0. The summed E-state index contributed by atoms with van der Waals surface area (Å²) >= 11 is 0. The number of benzene rings is 4. The van der Waals surface area contributed by atoms with Crippen LogP contribution in [0.1, 0.15) is 74.6 Å². The van der Waals surface area contributed by atoms with Crippen LogP contribution in [0.4, 0.5) is 5.69 Å². The van der Waals surface area contributed by atoms with E-state index >= 15 is 0 Å². The zero-order valence-electron chi connectivity index (χ0n) is 27.5. The van der Waals surface area contributed by atoms with Crippen molar-refractivity contribution in [2.24, 2.45) is 23.5 Å². The number of para-hydroxylation sites is 1. The molecule has 0 radical (unpaired) electrons. The summed E-state index contributed by atoms with van der Waals surface area (Å²) < 4.78 is 0. The van der Waals surface area contributed by atoms with E-state index < -0.39 is 23.8 Å². The monoisotopic (exact) mass is 627 g/mol. The molecule has 1 aliphatic carbocycles. The zero-order valence-corrected chi connectivity index (χ0v) is 27.5. The van der Waals surface area contributed by atoms with Crippen LogP contribution in [0.5, 0.6) is 0 Å². The zero-order chi connectivity index (χ0) is 32.9. The summed E-state index contributed by atoms with van der Waals surface area (Å²) in [5, 5.41) is 3.19. The number of nitrogens with one attached hydrogen (secondary N) is 1. The first kappa shape index (κ1) is 32.2. The van der Waals surface area contributed by atoms with E-state index in [1.165, 1.54) is 5.56 Å². The number of fused-ring (bicyclic) bond motifs is 3. The van der Waals surface area contributed by atoms with Gasteiger partial charge in [-0.15, -0.1) is 0 Å². The van der Waals surface area contributed by atoms with Gasteiger partial charge in [0.05, 0.1) is 12.2 Å². The molecular formula is C41H45N3O3. The highest BCUT2D eigenvalue weighted by Gasteiger charge is 2.39. The molecule has 1 fully saturated rings. The van der Waals surface area contributed by atoms with E-state index in [1.807, 2.05) is 67.6 Å². The van der Waals surface area contributed by atoms with E-state index in [0.717, 1.165) is 71.2 Å². The lowest BCUT2D eigenvalue weighted by atomic mass is 9.80. The van der Waals surface area contributed by atoms with Crippen LogP contribution in [-0.4, -0.2) is 17.7 Å². The van der Waals surface area contributed by atoms with Crippen LogP contribution in [0, 0.1) is 24.7 Å². The predicted octanol–water partition coefficient (Wildman–Crippen LogP) is 8.13. The topological polar surface area (TPSA) is 92.5 Å². The van der Waals surface area contributed by atoms with Crippen LogP contribution in [0.15, 0.2) is 97.1 Å². The van der Waals surface area contributed by atoms with E-state index in [0.29, 0.717) is 25.3 Å². The summed E-state index contributed by atoms with van der Waals surface area (Å²) in [5.74, 6) is -1.70. The maximum atomic E-state index is 14.8. The lowest BCUT2D eigenvalue weighted by molar-refractivity contribution is -0.136. The van der Waals surface area contributed by atoms with Gasteiger partial charge in [-0.2, -0.15) is 0 Å². The Labute approximate surface area is 278 Å². The highest BCUT2D eigenvalue weighted by molar-refractivity contribution is 6.06. The van der Waals surface area contributed by atoms with Crippen LogP contribution >= 0.6 is 0 Å². The Balaban J connectivity index is 1.38. The second kappa shape index (κ2) is 14.4. The first-order valence-electron chi connectivity index (χ1n) is 17.1. The Bertz CT molecular complexity index is 1740. The van der Waals surface area contributed by atoms with E-state index in [9.17, 15) is 14.4 Å². The standard InChI is InChI=1S/C41H45N3O3/c1-3-11-35(39(42)45)36(25-28-12-4-5-13-28)40(46)43-38-34-18-7-6-16-32(34)33-17-8-9-19-37(33)44(41(38)47)26-29-14-10-15-31(24-29)30-22-20-27(2)21-23-30/h6-10,14-24,28,35-36,38H,3-5,11-13,25-26H2,1-2H3,(H2,42,45)(H,43,46)/t35-,36+,38?/m0/s1. The Kier molecular flexibility index (Phi) is 9.86. The number of carbonyl (C=O) groups is 3. The molecule has 6 rings (SSSR count). The number of aryl methyl sites for hydroxylation is 1. The molecule has 4 aromatic rings. The van der Waals surface area contributed by atoms with Gasteiger partial charge in [-0.05, 0) is 65.6 Å². The van der Waals surface area contributed by atoms with Gasteiger partial charge in [0.2, 0.25) is 11.8 Å². The Hall–Kier alpha value is -4.71. The molecular weight excluding hydrogens is 582 g/mol.